The molecule has 0 bridgehead atoms. The Morgan fingerprint density at radius 3 is 2.60 bits per heavy atom. The Balaban J connectivity index is 2.43. The number of alkyl halides is 1. The van der Waals surface area contributed by atoms with E-state index in [0.29, 0.717) is 16.8 Å². The maximum Gasteiger partial charge on any atom is 0.311 e. The van der Waals surface area contributed by atoms with Crippen LogP contribution >= 0.6 is 15.9 Å². The first-order valence-electron chi connectivity index (χ1n) is 5.80. The van der Waals surface area contributed by atoms with Crippen molar-refractivity contribution in [1.29, 1.82) is 0 Å². The highest BCUT2D eigenvalue weighted by Gasteiger charge is 2.17. The molecule has 0 aromatic heterocycles. The first-order chi connectivity index (χ1) is 9.65. The van der Waals surface area contributed by atoms with E-state index < -0.39 is 4.92 Å². The predicted octanol–water partition coefficient (Wildman–Crippen LogP) is 4.29. The summed E-state index contributed by atoms with van der Waals surface area (Å²) >= 11 is 3.36. The molecule has 6 heteroatoms. The van der Waals surface area contributed by atoms with Crippen LogP contribution in [0, 0.1) is 10.1 Å². The van der Waals surface area contributed by atoms with Crippen molar-refractivity contribution in [2.75, 3.05) is 7.11 Å². The van der Waals surface area contributed by atoms with E-state index in [4.69, 9.17) is 9.47 Å². The molecule has 104 valence electrons. The van der Waals surface area contributed by atoms with Gasteiger partial charge >= 0.3 is 5.69 Å². The number of hydrogen-bond donors (Lipinski definition) is 0. The van der Waals surface area contributed by atoms with E-state index in [1.807, 2.05) is 18.2 Å². The van der Waals surface area contributed by atoms with Crippen molar-refractivity contribution in [1.82, 2.24) is 0 Å². The van der Waals surface area contributed by atoms with E-state index in [-0.39, 0.29) is 11.4 Å². The topological polar surface area (TPSA) is 61.6 Å². The van der Waals surface area contributed by atoms with Gasteiger partial charge < -0.3 is 9.47 Å². The van der Waals surface area contributed by atoms with E-state index in [2.05, 4.69) is 15.9 Å². The highest BCUT2D eigenvalue weighted by molar-refractivity contribution is 9.08. The number of nitro groups is 1. The fourth-order valence-corrected chi connectivity index (χ4v) is 2.15. The number of rotatable bonds is 5. The Labute approximate surface area is 124 Å². The van der Waals surface area contributed by atoms with Gasteiger partial charge in [-0.2, -0.15) is 0 Å². The SMILES string of the molecule is COc1ccc([N+](=O)[O-])c(Oc2ccccc2CBr)c1. The summed E-state index contributed by atoms with van der Waals surface area (Å²) < 4.78 is 10.8. The second kappa shape index (κ2) is 6.38. The molecule has 0 saturated heterocycles. The van der Waals surface area contributed by atoms with Gasteiger partial charge in [-0.3, -0.25) is 10.1 Å². The van der Waals surface area contributed by atoms with Gasteiger partial charge in [0.1, 0.15) is 11.5 Å². The van der Waals surface area contributed by atoms with E-state index in [1.165, 1.54) is 25.3 Å². The lowest BCUT2D eigenvalue weighted by atomic mass is 10.2. The van der Waals surface area contributed by atoms with Gasteiger partial charge in [0, 0.05) is 23.0 Å². The Morgan fingerprint density at radius 2 is 1.95 bits per heavy atom. The average molecular weight is 338 g/mol. The molecule has 0 aliphatic rings. The van der Waals surface area contributed by atoms with Crippen LogP contribution in [0.3, 0.4) is 0 Å². The van der Waals surface area contributed by atoms with Crippen LogP contribution in [0.2, 0.25) is 0 Å². The monoisotopic (exact) mass is 337 g/mol. The van der Waals surface area contributed by atoms with Gasteiger partial charge in [0.2, 0.25) is 5.75 Å². The minimum atomic E-state index is -0.481. The number of nitro benzene ring substituents is 1. The fourth-order valence-electron chi connectivity index (χ4n) is 1.69. The molecule has 5 nitrogen and oxygen atoms in total. The number of para-hydroxylation sites is 1. The maximum atomic E-state index is 11.0. The van der Waals surface area contributed by atoms with E-state index in [9.17, 15) is 10.1 Å². The second-order valence-electron chi connectivity index (χ2n) is 3.93. The van der Waals surface area contributed by atoms with Crippen LogP contribution in [0.5, 0.6) is 17.2 Å². The molecular formula is C14H12BrNO4. The van der Waals surface area contributed by atoms with E-state index in [0.717, 1.165) is 5.56 Å². The number of nitrogens with zero attached hydrogens (tertiary/aromatic N) is 1. The summed E-state index contributed by atoms with van der Waals surface area (Å²) in [7, 11) is 1.50. The molecule has 0 aliphatic heterocycles. The zero-order chi connectivity index (χ0) is 14.5. The molecule has 0 saturated carbocycles. The van der Waals surface area contributed by atoms with Crippen molar-refractivity contribution in [2.45, 2.75) is 5.33 Å². The third kappa shape index (κ3) is 3.08. The number of benzene rings is 2. The van der Waals surface area contributed by atoms with Gasteiger partial charge in [0.05, 0.1) is 12.0 Å². The van der Waals surface area contributed by atoms with Crippen LogP contribution in [0.4, 0.5) is 5.69 Å². The molecule has 0 amide bonds. The zero-order valence-corrected chi connectivity index (χ0v) is 12.3. The molecule has 0 fully saturated rings. The predicted molar refractivity (Wildman–Crippen MR) is 78.8 cm³/mol. The van der Waals surface area contributed by atoms with Gasteiger partial charge in [0.15, 0.2) is 0 Å². The Bertz CT molecular complexity index is 630. The third-order valence-corrected chi connectivity index (χ3v) is 3.30. The number of halogens is 1. The summed E-state index contributed by atoms with van der Waals surface area (Å²) in [6.45, 7) is 0. The number of methoxy groups -OCH3 is 1. The Morgan fingerprint density at radius 1 is 1.20 bits per heavy atom. The van der Waals surface area contributed by atoms with E-state index >= 15 is 0 Å². The van der Waals surface area contributed by atoms with Gasteiger partial charge in [0.25, 0.3) is 0 Å². The molecule has 20 heavy (non-hydrogen) atoms. The molecule has 0 atom stereocenters. The fraction of sp³-hybridized carbons (Fsp3) is 0.143. The smallest absolute Gasteiger partial charge is 0.311 e. The van der Waals surface area contributed by atoms with E-state index in [1.54, 1.807) is 6.07 Å². The highest BCUT2D eigenvalue weighted by atomic mass is 79.9. The molecule has 0 aliphatic carbocycles. The summed E-state index contributed by atoms with van der Waals surface area (Å²) in [6, 6.07) is 11.7. The summed E-state index contributed by atoms with van der Waals surface area (Å²) in [6.07, 6.45) is 0. The summed E-state index contributed by atoms with van der Waals surface area (Å²) in [5, 5.41) is 11.6. The third-order valence-electron chi connectivity index (χ3n) is 2.70. The van der Waals surface area contributed by atoms with Crippen LogP contribution in [0.25, 0.3) is 0 Å². The second-order valence-corrected chi connectivity index (χ2v) is 4.49. The normalized spacial score (nSPS) is 10.1. The molecule has 0 heterocycles. The standard InChI is InChI=1S/C14H12BrNO4/c1-19-11-6-7-12(16(17)18)14(8-11)20-13-5-3-2-4-10(13)9-15/h2-8H,9H2,1H3. The summed E-state index contributed by atoms with van der Waals surface area (Å²) in [5.41, 5.74) is 0.805. The first-order valence-corrected chi connectivity index (χ1v) is 6.92. The van der Waals surface area contributed by atoms with Gasteiger partial charge in [-0.25, -0.2) is 0 Å². The van der Waals surface area contributed by atoms with Crippen molar-refractivity contribution < 1.29 is 14.4 Å². The van der Waals surface area contributed by atoms with Crippen LogP contribution in [-0.2, 0) is 5.33 Å². The lowest BCUT2D eigenvalue weighted by Crippen LogP contribution is -1.96. The molecule has 0 unspecified atom stereocenters. The number of hydrogen-bond acceptors (Lipinski definition) is 4. The number of ether oxygens (including phenoxy) is 2. The molecule has 2 aromatic carbocycles. The Hall–Kier alpha value is -2.08. The van der Waals surface area contributed by atoms with Crippen molar-refractivity contribution >= 4 is 21.6 Å². The summed E-state index contributed by atoms with van der Waals surface area (Å²) in [5.74, 6) is 1.23. The highest BCUT2D eigenvalue weighted by Crippen LogP contribution is 2.36. The molecule has 0 N–H and O–H groups in total. The van der Waals surface area contributed by atoms with Crippen molar-refractivity contribution in [3.63, 3.8) is 0 Å². The molecule has 2 rings (SSSR count). The van der Waals surface area contributed by atoms with Crippen LogP contribution in [0.15, 0.2) is 42.5 Å². The molecule has 2 aromatic rings. The summed E-state index contributed by atoms with van der Waals surface area (Å²) in [4.78, 5) is 10.6. The molecule has 0 spiro atoms. The first kappa shape index (κ1) is 14.3. The van der Waals surface area contributed by atoms with Crippen molar-refractivity contribution in [2.24, 2.45) is 0 Å². The quantitative estimate of drug-likeness (QED) is 0.463. The van der Waals surface area contributed by atoms with Gasteiger partial charge in [-0.15, -0.1) is 0 Å². The largest absolute Gasteiger partial charge is 0.497 e. The zero-order valence-electron chi connectivity index (χ0n) is 10.7. The lowest BCUT2D eigenvalue weighted by molar-refractivity contribution is -0.385. The maximum absolute atomic E-state index is 11.0. The van der Waals surface area contributed by atoms with Crippen molar-refractivity contribution in [3.8, 4) is 17.2 Å². The Kier molecular flexibility index (Phi) is 4.57. The van der Waals surface area contributed by atoms with Crippen LogP contribution in [-0.4, -0.2) is 12.0 Å². The molecular weight excluding hydrogens is 326 g/mol. The average Bonchev–Trinajstić information content (AvgIpc) is 2.47. The molecule has 0 radical (unpaired) electrons. The van der Waals surface area contributed by atoms with Gasteiger partial charge in [-0.1, -0.05) is 34.1 Å². The minimum absolute atomic E-state index is 0.102. The minimum Gasteiger partial charge on any atom is -0.497 e. The van der Waals surface area contributed by atoms with Crippen LogP contribution in [0.1, 0.15) is 5.56 Å². The van der Waals surface area contributed by atoms with Crippen molar-refractivity contribution in [3.05, 3.63) is 58.1 Å². The van der Waals surface area contributed by atoms with Crippen LogP contribution < -0.4 is 9.47 Å². The van der Waals surface area contributed by atoms with Gasteiger partial charge in [-0.05, 0) is 12.1 Å². The lowest BCUT2D eigenvalue weighted by Gasteiger charge is -2.10.